The third kappa shape index (κ3) is 3.58. The molecule has 1 unspecified atom stereocenters. The Kier molecular flexibility index (Phi) is 5.87. The number of aliphatic carboxylic acids is 1. The van der Waals surface area contributed by atoms with Crippen LogP contribution in [0.2, 0.25) is 0 Å². The number of morpholine rings is 1. The molecule has 1 fully saturated rings. The lowest BCUT2D eigenvalue weighted by Gasteiger charge is -2.36. The van der Waals surface area contributed by atoms with E-state index >= 15 is 0 Å². The van der Waals surface area contributed by atoms with Crippen LogP contribution in [0.25, 0.3) is 0 Å². The molecule has 1 N–H and O–H groups in total. The topological polar surface area (TPSA) is 79.3 Å². The van der Waals surface area contributed by atoms with E-state index in [1.807, 2.05) is 6.92 Å². The van der Waals surface area contributed by atoms with Gasteiger partial charge in [-0.1, -0.05) is 0 Å². The zero-order valence-electron chi connectivity index (χ0n) is 10.8. The monoisotopic (exact) mass is 260 g/mol. The number of ether oxygens (including phenoxy) is 2. The second kappa shape index (κ2) is 7.17. The van der Waals surface area contributed by atoms with Crippen LogP contribution in [0.15, 0.2) is 0 Å². The number of urea groups is 1. The number of rotatable bonds is 5. The molecule has 0 aliphatic carbocycles. The van der Waals surface area contributed by atoms with E-state index in [1.54, 1.807) is 12.0 Å². The van der Waals surface area contributed by atoms with E-state index in [-0.39, 0.29) is 12.6 Å². The van der Waals surface area contributed by atoms with Crippen LogP contribution in [0.3, 0.4) is 0 Å². The molecule has 7 heteroatoms. The van der Waals surface area contributed by atoms with Crippen LogP contribution in [-0.4, -0.2) is 79.5 Å². The van der Waals surface area contributed by atoms with E-state index in [2.05, 4.69) is 0 Å². The Morgan fingerprint density at radius 3 is 2.83 bits per heavy atom. The fraction of sp³-hybridized carbons (Fsp3) is 0.818. The number of carboxylic acids is 1. The van der Waals surface area contributed by atoms with Gasteiger partial charge in [-0.3, -0.25) is 0 Å². The van der Waals surface area contributed by atoms with Crippen molar-refractivity contribution in [2.24, 2.45) is 0 Å². The highest BCUT2D eigenvalue weighted by atomic mass is 16.5. The van der Waals surface area contributed by atoms with Gasteiger partial charge >= 0.3 is 12.0 Å². The zero-order chi connectivity index (χ0) is 13.5. The van der Waals surface area contributed by atoms with Crippen molar-refractivity contribution in [3.05, 3.63) is 0 Å². The first-order chi connectivity index (χ1) is 8.61. The molecule has 0 bridgehead atoms. The standard InChI is InChI=1S/C11H20N2O5/c1-3-12(4-6-17-2)11(16)13-5-7-18-8-9(13)10(14)15/h9H,3-8H2,1-2H3,(H,14,15). The van der Waals surface area contributed by atoms with Crippen molar-refractivity contribution in [1.29, 1.82) is 0 Å². The molecule has 0 aromatic rings. The van der Waals surface area contributed by atoms with E-state index in [0.717, 1.165) is 0 Å². The molecular weight excluding hydrogens is 240 g/mol. The van der Waals surface area contributed by atoms with Crippen LogP contribution in [0.5, 0.6) is 0 Å². The molecule has 1 saturated heterocycles. The number of hydrogen-bond acceptors (Lipinski definition) is 4. The van der Waals surface area contributed by atoms with Gasteiger partial charge in [-0.2, -0.15) is 0 Å². The maximum absolute atomic E-state index is 12.2. The number of amides is 2. The Morgan fingerprint density at radius 2 is 2.28 bits per heavy atom. The summed E-state index contributed by atoms with van der Waals surface area (Å²) in [6, 6.07) is -1.17. The summed E-state index contributed by atoms with van der Waals surface area (Å²) in [5.41, 5.74) is 0. The van der Waals surface area contributed by atoms with Gasteiger partial charge in [-0.25, -0.2) is 9.59 Å². The number of hydrogen-bond donors (Lipinski definition) is 1. The number of carbonyl (C=O) groups excluding carboxylic acids is 1. The summed E-state index contributed by atoms with van der Waals surface area (Å²) in [6.45, 7) is 3.98. The van der Waals surface area contributed by atoms with Gasteiger partial charge in [0.15, 0.2) is 6.04 Å². The van der Waals surface area contributed by atoms with Crippen LogP contribution in [0, 0.1) is 0 Å². The van der Waals surface area contributed by atoms with Gasteiger partial charge < -0.3 is 24.4 Å². The summed E-state index contributed by atoms with van der Waals surface area (Å²) in [7, 11) is 1.56. The molecular formula is C11H20N2O5. The first-order valence-electron chi connectivity index (χ1n) is 5.96. The van der Waals surface area contributed by atoms with Crippen LogP contribution in [0.4, 0.5) is 4.79 Å². The van der Waals surface area contributed by atoms with Gasteiger partial charge in [0.2, 0.25) is 0 Å². The second-order valence-electron chi connectivity index (χ2n) is 3.98. The third-order valence-corrected chi connectivity index (χ3v) is 2.88. The van der Waals surface area contributed by atoms with Gasteiger partial charge in [0.05, 0.1) is 19.8 Å². The minimum absolute atomic E-state index is 0.0445. The quantitative estimate of drug-likeness (QED) is 0.744. The maximum Gasteiger partial charge on any atom is 0.328 e. The fourth-order valence-corrected chi connectivity index (χ4v) is 1.81. The van der Waals surface area contributed by atoms with Crippen LogP contribution in [-0.2, 0) is 14.3 Å². The Balaban J connectivity index is 2.68. The molecule has 104 valence electrons. The van der Waals surface area contributed by atoms with E-state index in [4.69, 9.17) is 14.6 Å². The molecule has 7 nitrogen and oxygen atoms in total. The summed E-state index contributed by atoms with van der Waals surface area (Å²) in [6.07, 6.45) is 0. The van der Waals surface area contributed by atoms with E-state index in [1.165, 1.54) is 4.90 Å². The Hall–Kier alpha value is -1.34. The van der Waals surface area contributed by atoms with E-state index in [0.29, 0.717) is 32.8 Å². The van der Waals surface area contributed by atoms with Crippen molar-refractivity contribution >= 4 is 12.0 Å². The SMILES string of the molecule is CCN(CCOC)C(=O)N1CCOCC1C(=O)O. The molecule has 1 rings (SSSR count). The Labute approximate surface area is 106 Å². The molecule has 0 saturated carbocycles. The van der Waals surface area contributed by atoms with Crippen LogP contribution in [0.1, 0.15) is 6.92 Å². The zero-order valence-corrected chi connectivity index (χ0v) is 10.8. The highest BCUT2D eigenvalue weighted by Gasteiger charge is 2.34. The first-order valence-corrected chi connectivity index (χ1v) is 5.96. The number of carboxylic acid groups (broad SMARTS) is 1. The molecule has 1 aliphatic rings. The predicted molar refractivity (Wildman–Crippen MR) is 63.5 cm³/mol. The third-order valence-electron chi connectivity index (χ3n) is 2.88. The highest BCUT2D eigenvalue weighted by molar-refractivity contribution is 5.83. The van der Waals surface area contributed by atoms with Crippen molar-refractivity contribution in [3.63, 3.8) is 0 Å². The molecule has 18 heavy (non-hydrogen) atoms. The Bertz CT molecular complexity index is 297. The average molecular weight is 260 g/mol. The molecule has 1 heterocycles. The summed E-state index contributed by atoms with van der Waals surface area (Å²) in [5.74, 6) is -1.04. The minimum Gasteiger partial charge on any atom is -0.480 e. The summed E-state index contributed by atoms with van der Waals surface area (Å²) in [4.78, 5) is 26.2. The summed E-state index contributed by atoms with van der Waals surface area (Å²) < 4.78 is 10.0. The molecule has 1 aliphatic heterocycles. The largest absolute Gasteiger partial charge is 0.480 e. The van der Waals surface area contributed by atoms with E-state index < -0.39 is 12.0 Å². The summed E-state index contributed by atoms with van der Waals surface area (Å²) in [5, 5.41) is 9.07. The lowest BCUT2D eigenvalue weighted by Crippen LogP contribution is -2.56. The molecule has 0 radical (unpaired) electrons. The number of likely N-dealkylation sites (N-methyl/N-ethyl adjacent to an activating group) is 1. The van der Waals surface area contributed by atoms with Crippen molar-refractivity contribution < 1.29 is 24.2 Å². The van der Waals surface area contributed by atoms with E-state index in [9.17, 15) is 9.59 Å². The van der Waals surface area contributed by atoms with Gasteiger partial charge in [0.25, 0.3) is 0 Å². The minimum atomic E-state index is -1.04. The van der Waals surface area contributed by atoms with Gasteiger partial charge in [-0.05, 0) is 6.92 Å². The van der Waals surface area contributed by atoms with Gasteiger partial charge in [-0.15, -0.1) is 0 Å². The molecule has 0 spiro atoms. The lowest BCUT2D eigenvalue weighted by atomic mass is 10.2. The average Bonchev–Trinajstić information content (AvgIpc) is 2.39. The normalized spacial score (nSPS) is 19.7. The molecule has 2 amide bonds. The highest BCUT2D eigenvalue weighted by Crippen LogP contribution is 2.10. The second-order valence-corrected chi connectivity index (χ2v) is 3.98. The maximum atomic E-state index is 12.2. The van der Waals surface area contributed by atoms with Crippen molar-refractivity contribution in [2.75, 3.05) is 46.6 Å². The first kappa shape index (κ1) is 14.7. The van der Waals surface area contributed by atoms with Gasteiger partial charge in [0.1, 0.15) is 0 Å². The smallest absolute Gasteiger partial charge is 0.328 e. The number of methoxy groups -OCH3 is 1. The predicted octanol–water partition coefficient (Wildman–Crippen LogP) is -0.140. The van der Waals surface area contributed by atoms with Crippen molar-refractivity contribution in [2.45, 2.75) is 13.0 Å². The van der Waals surface area contributed by atoms with Crippen LogP contribution >= 0.6 is 0 Å². The molecule has 0 aromatic heterocycles. The fourth-order valence-electron chi connectivity index (χ4n) is 1.81. The Morgan fingerprint density at radius 1 is 1.56 bits per heavy atom. The number of nitrogens with zero attached hydrogens (tertiary/aromatic N) is 2. The summed E-state index contributed by atoms with van der Waals surface area (Å²) >= 11 is 0. The lowest BCUT2D eigenvalue weighted by molar-refractivity contribution is -0.147. The van der Waals surface area contributed by atoms with Crippen LogP contribution < -0.4 is 0 Å². The number of carbonyl (C=O) groups is 2. The van der Waals surface area contributed by atoms with Crippen molar-refractivity contribution in [1.82, 2.24) is 9.80 Å². The van der Waals surface area contributed by atoms with Gasteiger partial charge in [0, 0.05) is 26.7 Å². The molecule has 1 atom stereocenters. The molecule has 0 aromatic carbocycles. The van der Waals surface area contributed by atoms with Crippen molar-refractivity contribution in [3.8, 4) is 0 Å².